The van der Waals surface area contributed by atoms with Gasteiger partial charge in [0.05, 0.1) is 41.1 Å². The molecule has 2 heteroatoms. The molecule has 0 aliphatic rings. The van der Waals surface area contributed by atoms with Gasteiger partial charge in [0.15, 0.2) is 0 Å². The summed E-state index contributed by atoms with van der Waals surface area (Å²) in [5.41, 5.74) is -17.6. The molecule has 0 saturated carbocycles. The van der Waals surface area contributed by atoms with Crippen molar-refractivity contribution in [2.45, 2.75) is 26.0 Å². The molecular formula is C50H39NO. The monoisotopic (exact) mass is 709 g/mol. The number of benzene rings is 8. The minimum Gasteiger partial charge on any atom is -0.455 e. The first-order valence-corrected chi connectivity index (χ1v) is 14.8. The van der Waals surface area contributed by atoms with Gasteiger partial charge in [0.2, 0.25) is 0 Å². The minimum atomic E-state index is -4.20. The van der Waals surface area contributed by atoms with Gasteiger partial charge in [-0.2, -0.15) is 0 Å². The van der Waals surface area contributed by atoms with E-state index in [0.717, 1.165) is 0 Å². The summed E-state index contributed by atoms with van der Waals surface area (Å²) >= 11 is 0. The van der Waals surface area contributed by atoms with Crippen LogP contribution >= 0.6 is 0 Å². The maximum Gasteiger partial charge on any atom is 0.143 e. The van der Waals surface area contributed by atoms with Gasteiger partial charge < -0.3 is 9.32 Å². The number of furan rings is 1. The van der Waals surface area contributed by atoms with E-state index >= 15 is 0 Å². The fourth-order valence-corrected chi connectivity index (χ4v) is 5.15. The molecule has 250 valence electrons. The van der Waals surface area contributed by atoms with Gasteiger partial charge in [-0.1, -0.05) is 153 Å². The van der Waals surface area contributed by atoms with E-state index in [-0.39, 0.29) is 4.90 Å². The fourth-order valence-electron chi connectivity index (χ4n) is 5.15. The highest BCUT2D eigenvalue weighted by Gasteiger charge is 2.19. The molecule has 9 rings (SSSR count). The molecule has 0 bridgehead atoms. The van der Waals surface area contributed by atoms with Crippen LogP contribution in [0.2, 0.25) is 0 Å². The van der Waals surface area contributed by atoms with Crippen LogP contribution in [0.5, 0.6) is 0 Å². The predicted octanol–water partition coefficient (Wildman–Crippen LogP) is 14.5. The average molecular weight is 709 g/mol. The zero-order chi connectivity index (χ0) is 68.8. The lowest BCUT2D eigenvalue weighted by molar-refractivity contribution is 0.590. The molecule has 8 aromatic carbocycles. The molecule has 0 radical (unpaired) electrons. The Morgan fingerprint density at radius 3 is 1.52 bits per heavy atom. The molecule has 1 heterocycles. The van der Waals surface area contributed by atoms with Gasteiger partial charge in [0, 0.05) is 45.6 Å². The zero-order valence-electron chi connectivity index (χ0n) is 64.9. The fraction of sp³-hybridized carbons (Fsp3) is 0.0800. The number of hydrogen-bond acceptors (Lipinski definition) is 2. The van der Waals surface area contributed by atoms with Crippen molar-refractivity contribution in [2.24, 2.45) is 0 Å². The maximum absolute atomic E-state index is 10.1. The quantitative estimate of drug-likeness (QED) is 0.171. The van der Waals surface area contributed by atoms with Crippen LogP contribution in [0.4, 0.5) is 17.1 Å². The molecule has 0 N–H and O–H groups in total. The number of anilines is 3. The van der Waals surface area contributed by atoms with Gasteiger partial charge in [0.25, 0.3) is 0 Å². The highest BCUT2D eigenvalue weighted by molar-refractivity contribution is 6.19. The summed E-state index contributed by atoms with van der Waals surface area (Å²) in [6.45, 7) is -12.6. The van der Waals surface area contributed by atoms with Crippen molar-refractivity contribution in [2.75, 3.05) is 4.90 Å². The van der Waals surface area contributed by atoms with Crippen molar-refractivity contribution in [1.29, 1.82) is 0 Å². The SMILES string of the molecule is [2H]c1c([2H])c([2H])c(-c2c([2H])c([2H])c(N(c3c([2H])c([2H])c(-c4c([2H])c([2H])c([2H])c([2H])c4[2H])c([2H])c3[2H])c3c([2H])c([2H])c4oc5c6c([2H])c([2H])c([2H])c([2H])c6c(-c6c([2H])c([2H])c(C(C([2H])([2H])[2H])(C([2H])([2H])[2H])C([2H])([2H])[2H])c([2H])c6[2H])c([2H])c5c4c3[2H])c([2H])c2[2H])c([2H])c1[2H]. The van der Waals surface area contributed by atoms with Gasteiger partial charge in [-0.3, -0.25) is 0 Å². The largest absolute Gasteiger partial charge is 0.455 e. The van der Waals surface area contributed by atoms with Crippen LogP contribution in [0.25, 0.3) is 66.1 Å². The number of hydrogen-bond donors (Lipinski definition) is 0. The van der Waals surface area contributed by atoms with Crippen LogP contribution in [0.15, 0.2) is 186 Å². The molecule has 0 unspecified atom stereocenters. The predicted molar refractivity (Wildman–Crippen MR) is 221 cm³/mol. The Labute approximate surface area is 360 Å². The molecule has 9 aromatic rings. The van der Waals surface area contributed by atoms with E-state index < -0.39 is 296 Å². The van der Waals surface area contributed by atoms with Crippen LogP contribution in [0.3, 0.4) is 0 Å². The third-order valence-electron chi connectivity index (χ3n) is 7.51. The Bertz CT molecular complexity index is 4460. The van der Waals surface area contributed by atoms with Crippen molar-refractivity contribution in [1.82, 2.24) is 0 Å². The van der Waals surface area contributed by atoms with Crippen molar-refractivity contribution in [3.05, 3.63) is 187 Å². The Kier molecular flexibility index (Phi) is 2.59. The summed E-state index contributed by atoms with van der Waals surface area (Å²) < 4.78 is 352. The van der Waals surface area contributed by atoms with Gasteiger partial charge in [-0.25, -0.2) is 0 Å². The second kappa shape index (κ2) is 12.7. The standard InChI is InChI=1S/C50H39NO/c1-50(2,3)39-24-18-38(19-25-39)45-33-47-46-32-42(30-31-48(46)52-49(47)44-17-11-10-16-43(44)45)51(40-26-20-36(21-27-40)34-12-6-4-7-13-34)41-28-22-37(23-29-41)35-14-8-5-9-15-35/h4-33H,1-3H3/i1D3,2D3,3D3,4D,5D,6D,7D,8D,9D,10D,11D,12D,13D,14D,15D,16D,17D,18D,19D,20D,21D,22D,23D,24D,25D,26D,27D,28D,29D,30D,31D,32D,33D. The summed E-state index contributed by atoms with van der Waals surface area (Å²) in [6.07, 6.45) is 0. The summed E-state index contributed by atoms with van der Waals surface area (Å²) in [5.74, 6) is 0. The van der Waals surface area contributed by atoms with E-state index in [1.807, 2.05) is 0 Å². The van der Waals surface area contributed by atoms with Crippen LogP contribution in [-0.4, -0.2) is 0 Å². The van der Waals surface area contributed by atoms with Gasteiger partial charge >= 0.3 is 0 Å². The average Bonchev–Trinajstić information content (AvgIpc) is 1.63. The number of rotatable bonds is 6. The smallest absolute Gasteiger partial charge is 0.143 e. The van der Waals surface area contributed by atoms with Crippen molar-refractivity contribution >= 4 is 49.8 Å². The first-order chi connectivity index (χ1) is 41.7. The summed E-state index contributed by atoms with van der Waals surface area (Å²) in [5, 5.41) is -3.62. The highest BCUT2D eigenvalue weighted by Crippen LogP contribution is 2.43. The summed E-state index contributed by atoms with van der Waals surface area (Å²) in [4.78, 5) is 0.228. The Morgan fingerprint density at radius 1 is 0.442 bits per heavy atom. The van der Waals surface area contributed by atoms with E-state index in [0.29, 0.717) is 0 Å². The maximum atomic E-state index is 10.1. The van der Waals surface area contributed by atoms with Gasteiger partial charge in [0.1, 0.15) is 11.2 Å². The highest BCUT2D eigenvalue weighted by atomic mass is 16.3. The molecule has 52 heavy (non-hydrogen) atoms. The Balaban J connectivity index is 1.54. The second-order valence-corrected chi connectivity index (χ2v) is 10.8. The first-order valence-electron chi connectivity index (χ1n) is 34.3. The molecule has 0 amide bonds. The third kappa shape index (κ3) is 5.73. The lowest BCUT2D eigenvalue weighted by Crippen LogP contribution is -2.10. The second-order valence-electron chi connectivity index (χ2n) is 10.8. The first kappa shape index (κ1) is 10.6. The zero-order valence-corrected chi connectivity index (χ0v) is 25.9. The molecular weight excluding hydrogens is 631 g/mol. The molecule has 0 saturated heterocycles. The molecule has 1 aromatic heterocycles. The Hall–Kier alpha value is -6.38. The van der Waals surface area contributed by atoms with E-state index in [1.54, 1.807) is 0 Å². The van der Waals surface area contributed by atoms with Crippen LogP contribution in [0, 0.1) is 0 Å². The van der Waals surface area contributed by atoms with Crippen LogP contribution < -0.4 is 4.90 Å². The molecule has 0 fully saturated rings. The Morgan fingerprint density at radius 2 is 0.942 bits per heavy atom. The summed E-state index contributed by atoms with van der Waals surface area (Å²) in [6, 6.07) is -36.5. The van der Waals surface area contributed by atoms with Crippen molar-refractivity contribution < 1.29 is 57.9 Å². The molecule has 2 nitrogen and oxygen atoms in total. The van der Waals surface area contributed by atoms with Gasteiger partial charge in [-0.15, -0.1) is 0 Å². The normalized spacial score (nSPS) is 23.1. The summed E-state index contributed by atoms with van der Waals surface area (Å²) in [7, 11) is 0. The minimum absolute atomic E-state index is 0.228. The van der Waals surface area contributed by atoms with E-state index in [1.165, 1.54) is 0 Å². The van der Waals surface area contributed by atoms with E-state index in [9.17, 15) is 20.6 Å². The third-order valence-corrected chi connectivity index (χ3v) is 7.51. The topological polar surface area (TPSA) is 16.4 Å². The van der Waals surface area contributed by atoms with Gasteiger partial charge in [-0.05, 0) is 98.1 Å². The lowest BCUT2D eigenvalue weighted by atomic mass is 9.85. The molecule has 0 atom stereocenters. The van der Waals surface area contributed by atoms with Crippen LogP contribution in [0.1, 0.15) is 79.6 Å². The molecule has 0 aliphatic carbocycles. The van der Waals surface area contributed by atoms with E-state index in [4.69, 9.17) is 37.3 Å². The lowest BCUT2D eigenvalue weighted by Gasteiger charge is -2.26. The number of nitrogens with zero attached hydrogens (tertiary/aromatic N) is 1. The molecule has 0 aliphatic heterocycles. The van der Waals surface area contributed by atoms with E-state index in [2.05, 4.69) is 0 Å². The van der Waals surface area contributed by atoms with Crippen molar-refractivity contribution in [3.63, 3.8) is 0 Å². The van der Waals surface area contributed by atoms with Crippen molar-refractivity contribution in [3.8, 4) is 33.4 Å². The molecule has 0 spiro atoms. The number of fused-ring (bicyclic) bond motifs is 5. The van der Waals surface area contributed by atoms with Crippen LogP contribution in [-0.2, 0) is 5.41 Å².